The highest BCUT2D eigenvalue weighted by Gasteiger charge is 2.10. The van der Waals surface area contributed by atoms with E-state index in [1.165, 1.54) is 0 Å². The molecule has 0 radical (unpaired) electrons. The van der Waals surface area contributed by atoms with E-state index in [0.29, 0.717) is 16.9 Å². The van der Waals surface area contributed by atoms with E-state index in [4.69, 9.17) is 9.84 Å². The fourth-order valence-electron chi connectivity index (χ4n) is 1.36. The van der Waals surface area contributed by atoms with Crippen molar-refractivity contribution in [3.8, 4) is 5.75 Å². The average Bonchev–Trinajstić information content (AvgIpc) is 2.25. The van der Waals surface area contributed by atoms with Crippen molar-refractivity contribution in [1.29, 1.82) is 0 Å². The number of carboxylic acid groups (broad SMARTS) is 1. The van der Waals surface area contributed by atoms with Gasteiger partial charge in [0.15, 0.2) is 12.4 Å². The van der Waals surface area contributed by atoms with Gasteiger partial charge >= 0.3 is 5.97 Å². The molecular weight excluding hydrogens is 220 g/mol. The zero-order chi connectivity index (χ0) is 13.0. The molecule has 0 aliphatic carbocycles. The lowest BCUT2D eigenvalue weighted by Crippen LogP contribution is -2.10. The Balaban J connectivity index is 2.90. The molecule has 1 aromatic carbocycles. The maximum Gasteiger partial charge on any atom is 0.341 e. The lowest BCUT2D eigenvalue weighted by atomic mass is 10.0. The number of aliphatic carboxylic acids is 1. The first kappa shape index (κ1) is 13.0. The zero-order valence-corrected chi connectivity index (χ0v) is 9.82. The molecule has 0 amide bonds. The normalized spacial score (nSPS) is 9.76. The minimum absolute atomic E-state index is 0.118. The molecule has 0 aliphatic rings. The predicted molar refractivity (Wildman–Crippen MR) is 63.5 cm³/mol. The molecule has 0 bridgehead atoms. The average molecular weight is 234 g/mol. The van der Waals surface area contributed by atoms with Crippen LogP contribution in [0.15, 0.2) is 30.4 Å². The second-order valence-electron chi connectivity index (χ2n) is 3.77. The van der Waals surface area contributed by atoms with Crippen LogP contribution in [0.5, 0.6) is 5.75 Å². The van der Waals surface area contributed by atoms with Crippen LogP contribution in [0.3, 0.4) is 0 Å². The molecule has 0 unspecified atom stereocenters. The van der Waals surface area contributed by atoms with E-state index < -0.39 is 12.6 Å². The van der Waals surface area contributed by atoms with Gasteiger partial charge in [0.2, 0.25) is 0 Å². The fraction of sp³-hybridized carbons (Fsp3) is 0.231. The van der Waals surface area contributed by atoms with E-state index in [1.807, 2.05) is 0 Å². The van der Waals surface area contributed by atoms with Gasteiger partial charge in [0, 0.05) is 5.56 Å². The second kappa shape index (κ2) is 5.30. The Morgan fingerprint density at radius 3 is 2.53 bits per heavy atom. The molecule has 1 aromatic rings. The lowest BCUT2D eigenvalue weighted by Gasteiger charge is -2.08. The Hall–Kier alpha value is -2.10. The van der Waals surface area contributed by atoms with Crippen LogP contribution in [0.4, 0.5) is 0 Å². The molecule has 1 rings (SSSR count). The molecule has 1 N–H and O–H groups in total. The van der Waals surface area contributed by atoms with Gasteiger partial charge in [-0.25, -0.2) is 4.79 Å². The molecule has 0 atom stereocenters. The number of rotatable bonds is 5. The molecule has 0 spiro atoms. The van der Waals surface area contributed by atoms with Crippen LogP contribution in [0.2, 0.25) is 0 Å². The Morgan fingerprint density at radius 1 is 1.41 bits per heavy atom. The molecule has 4 nitrogen and oxygen atoms in total. The van der Waals surface area contributed by atoms with Crippen LogP contribution in [0, 0.1) is 6.92 Å². The number of allylic oxidation sites excluding steroid dienone is 1. The van der Waals surface area contributed by atoms with Crippen molar-refractivity contribution >= 4 is 11.8 Å². The standard InChI is InChI=1S/C13H14O4/c1-8(2)13(16)11-5-4-10(6-9(11)3)17-7-12(14)15/h4-6H,1,7H2,2-3H3,(H,14,15). The third-order valence-corrected chi connectivity index (χ3v) is 2.19. The van der Waals surface area contributed by atoms with Crippen LogP contribution in [-0.4, -0.2) is 23.5 Å². The number of Topliss-reactive ketones (excluding diaryl/α,β-unsaturated/α-hetero) is 1. The van der Waals surface area contributed by atoms with Crippen molar-refractivity contribution in [2.24, 2.45) is 0 Å². The largest absolute Gasteiger partial charge is 0.482 e. The summed E-state index contributed by atoms with van der Waals surface area (Å²) in [5, 5.41) is 8.47. The van der Waals surface area contributed by atoms with Crippen molar-refractivity contribution in [3.63, 3.8) is 0 Å². The molecule has 0 saturated carbocycles. The molecule has 17 heavy (non-hydrogen) atoms. The topological polar surface area (TPSA) is 63.6 Å². The number of carboxylic acids is 1. The third-order valence-electron chi connectivity index (χ3n) is 2.19. The predicted octanol–water partition coefficient (Wildman–Crippen LogP) is 2.22. The summed E-state index contributed by atoms with van der Waals surface area (Å²) < 4.78 is 5.01. The summed E-state index contributed by atoms with van der Waals surface area (Å²) in [5.74, 6) is -0.722. The van der Waals surface area contributed by atoms with Gasteiger partial charge in [-0.2, -0.15) is 0 Å². The monoisotopic (exact) mass is 234 g/mol. The maximum atomic E-state index is 11.7. The van der Waals surface area contributed by atoms with Crippen LogP contribution < -0.4 is 4.74 Å². The summed E-state index contributed by atoms with van der Waals surface area (Å²) in [5.41, 5.74) is 1.76. The van der Waals surface area contributed by atoms with Crippen LogP contribution in [0.1, 0.15) is 22.8 Å². The van der Waals surface area contributed by atoms with E-state index in [9.17, 15) is 9.59 Å². The first-order valence-electron chi connectivity index (χ1n) is 5.07. The minimum atomic E-state index is -1.04. The number of ketones is 1. The van der Waals surface area contributed by atoms with Crippen LogP contribution >= 0.6 is 0 Å². The van der Waals surface area contributed by atoms with E-state index in [1.54, 1.807) is 32.0 Å². The maximum absolute atomic E-state index is 11.7. The summed E-state index contributed by atoms with van der Waals surface area (Å²) in [6, 6.07) is 4.83. The van der Waals surface area contributed by atoms with Crippen molar-refractivity contribution in [2.75, 3.05) is 6.61 Å². The minimum Gasteiger partial charge on any atom is -0.482 e. The number of ether oxygens (including phenoxy) is 1. The molecule has 0 heterocycles. The first-order chi connectivity index (χ1) is 7.91. The summed E-state index contributed by atoms with van der Waals surface area (Å²) in [6.07, 6.45) is 0. The number of hydrogen-bond donors (Lipinski definition) is 1. The Kier molecular flexibility index (Phi) is 4.04. The second-order valence-corrected chi connectivity index (χ2v) is 3.77. The molecular formula is C13H14O4. The summed E-state index contributed by atoms with van der Waals surface area (Å²) in [6.45, 7) is 6.62. The van der Waals surface area contributed by atoms with Crippen molar-refractivity contribution in [1.82, 2.24) is 0 Å². The summed E-state index contributed by atoms with van der Waals surface area (Å²) in [7, 11) is 0. The van der Waals surface area contributed by atoms with E-state index in [2.05, 4.69) is 6.58 Å². The molecule has 0 saturated heterocycles. The zero-order valence-electron chi connectivity index (χ0n) is 9.82. The Labute approximate surface area is 99.5 Å². The highest BCUT2D eigenvalue weighted by molar-refractivity contribution is 6.08. The molecule has 0 aliphatic heterocycles. The molecule has 90 valence electrons. The smallest absolute Gasteiger partial charge is 0.341 e. The van der Waals surface area contributed by atoms with Gasteiger partial charge in [0.1, 0.15) is 5.75 Å². The SMILES string of the molecule is C=C(C)C(=O)c1ccc(OCC(=O)O)cc1C. The fourth-order valence-corrected chi connectivity index (χ4v) is 1.36. The molecule has 0 fully saturated rings. The molecule has 0 aromatic heterocycles. The molecule has 4 heteroatoms. The van der Waals surface area contributed by atoms with Gasteiger partial charge in [0.05, 0.1) is 0 Å². The van der Waals surface area contributed by atoms with Crippen LogP contribution in [0.25, 0.3) is 0 Å². The summed E-state index contributed by atoms with van der Waals surface area (Å²) >= 11 is 0. The third kappa shape index (κ3) is 3.45. The number of carbonyl (C=O) groups is 2. The Bertz CT molecular complexity index is 474. The van der Waals surface area contributed by atoms with Gasteiger partial charge in [-0.15, -0.1) is 0 Å². The van der Waals surface area contributed by atoms with E-state index in [-0.39, 0.29) is 5.78 Å². The number of hydrogen-bond acceptors (Lipinski definition) is 3. The van der Waals surface area contributed by atoms with Gasteiger partial charge in [0.25, 0.3) is 0 Å². The quantitative estimate of drug-likeness (QED) is 0.626. The van der Waals surface area contributed by atoms with Gasteiger partial charge in [-0.05, 0) is 43.2 Å². The lowest BCUT2D eigenvalue weighted by molar-refractivity contribution is -0.139. The number of aryl methyl sites for hydroxylation is 1. The number of benzene rings is 1. The van der Waals surface area contributed by atoms with Crippen molar-refractivity contribution in [3.05, 3.63) is 41.5 Å². The van der Waals surface area contributed by atoms with Gasteiger partial charge < -0.3 is 9.84 Å². The summed E-state index contributed by atoms with van der Waals surface area (Å²) in [4.78, 5) is 22.0. The van der Waals surface area contributed by atoms with Gasteiger partial charge in [-0.1, -0.05) is 6.58 Å². The van der Waals surface area contributed by atoms with Crippen molar-refractivity contribution in [2.45, 2.75) is 13.8 Å². The van der Waals surface area contributed by atoms with E-state index in [0.717, 1.165) is 5.56 Å². The van der Waals surface area contributed by atoms with E-state index >= 15 is 0 Å². The Morgan fingerprint density at radius 2 is 2.06 bits per heavy atom. The van der Waals surface area contributed by atoms with Crippen LogP contribution in [-0.2, 0) is 4.79 Å². The highest BCUT2D eigenvalue weighted by atomic mass is 16.5. The van der Waals surface area contributed by atoms with Crippen molar-refractivity contribution < 1.29 is 19.4 Å². The number of carbonyl (C=O) groups excluding carboxylic acids is 1. The first-order valence-corrected chi connectivity index (χ1v) is 5.07. The van der Waals surface area contributed by atoms with Gasteiger partial charge in [-0.3, -0.25) is 4.79 Å². The highest BCUT2D eigenvalue weighted by Crippen LogP contribution is 2.19.